The van der Waals surface area contributed by atoms with E-state index >= 15 is 0 Å². The maximum absolute atomic E-state index is 8.69. The number of benzene rings is 1. The highest BCUT2D eigenvalue weighted by Crippen LogP contribution is 2.19. The van der Waals surface area contributed by atoms with Crippen LogP contribution in [0.15, 0.2) is 35.6 Å². The van der Waals surface area contributed by atoms with Gasteiger partial charge in [-0.3, -0.25) is 0 Å². The Kier molecular flexibility index (Phi) is 4.70. The van der Waals surface area contributed by atoms with Crippen molar-refractivity contribution in [1.82, 2.24) is 10.3 Å². The minimum Gasteiger partial charge on any atom is -0.409 e. The molecule has 0 saturated heterocycles. The van der Waals surface area contributed by atoms with Gasteiger partial charge in [0.1, 0.15) is 5.01 Å². The Morgan fingerprint density at radius 2 is 2.35 bits per heavy atom. The van der Waals surface area contributed by atoms with Crippen molar-refractivity contribution in [3.05, 3.63) is 51.5 Å². The minimum absolute atomic E-state index is 0.121. The van der Waals surface area contributed by atoms with Gasteiger partial charge in [0.2, 0.25) is 0 Å². The van der Waals surface area contributed by atoms with Crippen LogP contribution in [0.2, 0.25) is 0 Å². The second-order valence-corrected chi connectivity index (χ2v) is 5.86. The van der Waals surface area contributed by atoms with Gasteiger partial charge in [-0.05, 0) is 25.5 Å². The smallest absolute Gasteiger partial charge is 0.170 e. The van der Waals surface area contributed by atoms with E-state index < -0.39 is 0 Å². The summed E-state index contributed by atoms with van der Waals surface area (Å²) in [4.78, 5) is 5.58. The van der Waals surface area contributed by atoms with Gasteiger partial charge >= 0.3 is 0 Å². The molecule has 0 aliphatic carbocycles. The number of oxime groups is 1. The lowest BCUT2D eigenvalue weighted by molar-refractivity contribution is 0.318. The molecule has 20 heavy (non-hydrogen) atoms. The van der Waals surface area contributed by atoms with E-state index in [1.807, 2.05) is 37.4 Å². The highest BCUT2D eigenvalue weighted by molar-refractivity contribution is 7.11. The Balaban J connectivity index is 2.00. The number of aryl methyl sites for hydroxylation is 1. The fraction of sp³-hybridized carbons (Fsp3) is 0.286. The molecule has 106 valence electrons. The summed E-state index contributed by atoms with van der Waals surface area (Å²) in [5, 5.41) is 16.2. The van der Waals surface area contributed by atoms with Gasteiger partial charge in [-0.1, -0.05) is 23.4 Å². The summed E-state index contributed by atoms with van der Waals surface area (Å²) in [5.74, 6) is 0.121. The molecule has 1 aromatic heterocycles. The largest absolute Gasteiger partial charge is 0.409 e. The molecule has 0 bridgehead atoms. The standard InChI is InChI=1S/C14H18N4OS/c1-9-7-17-14(20-9)10(2)16-8-11-4-3-5-12(6-11)13(15)18-19/h3-7,10,16,19H,8H2,1-2H3,(H2,15,18). The Hall–Kier alpha value is -1.92. The van der Waals surface area contributed by atoms with Crippen molar-refractivity contribution >= 4 is 17.2 Å². The fourth-order valence-electron chi connectivity index (χ4n) is 1.83. The van der Waals surface area contributed by atoms with Crippen LogP contribution in [-0.2, 0) is 6.54 Å². The highest BCUT2D eigenvalue weighted by Gasteiger charge is 2.09. The fourth-order valence-corrected chi connectivity index (χ4v) is 2.63. The summed E-state index contributed by atoms with van der Waals surface area (Å²) in [6.07, 6.45) is 1.89. The predicted octanol–water partition coefficient (Wildman–Crippen LogP) is 2.40. The van der Waals surface area contributed by atoms with E-state index in [1.165, 1.54) is 4.88 Å². The molecule has 1 aromatic carbocycles. The molecule has 0 aliphatic heterocycles. The molecule has 1 unspecified atom stereocenters. The monoisotopic (exact) mass is 290 g/mol. The first kappa shape index (κ1) is 14.5. The normalized spacial score (nSPS) is 13.4. The van der Waals surface area contributed by atoms with Crippen LogP contribution in [0.3, 0.4) is 0 Å². The maximum Gasteiger partial charge on any atom is 0.170 e. The van der Waals surface area contributed by atoms with Crippen molar-refractivity contribution < 1.29 is 5.21 Å². The first-order valence-electron chi connectivity index (χ1n) is 6.32. The summed E-state index contributed by atoms with van der Waals surface area (Å²) >= 11 is 1.70. The maximum atomic E-state index is 8.69. The van der Waals surface area contributed by atoms with E-state index in [1.54, 1.807) is 11.3 Å². The molecule has 1 atom stereocenters. The van der Waals surface area contributed by atoms with Crippen molar-refractivity contribution in [2.75, 3.05) is 0 Å². The minimum atomic E-state index is 0.121. The molecule has 0 aliphatic rings. The number of aromatic nitrogens is 1. The Morgan fingerprint density at radius 1 is 1.55 bits per heavy atom. The van der Waals surface area contributed by atoms with Crippen LogP contribution in [0.25, 0.3) is 0 Å². The Bertz CT molecular complexity index is 609. The van der Waals surface area contributed by atoms with E-state index in [4.69, 9.17) is 10.9 Å². The van der Waals surface area contributed by atoms with Crippen LogP contribution in [0.4, 0.5) is 0 Å². The lowest BCUT2D eigenvalue weighted by Gasteiger charge is -2.11. The number of nitrogens with zero attached hydrogens (tertiary/aromatic N) is 2. The summed E-state index contributed by atoms with van der Waals surface area (Å²) < 4.78 is 0. The number of hydrogen-bond acceptors (Lipinski definition) is 5. The molecule has 0 amide bonds. The topological polar surface area (TPSA) is 83.5 Å². The molecular formula is C14H18N4OS. The third-order valence-electron chi connectivity index (χ3n) is 2.95. The Labute approximate surface area is 122 Å². The molecule has 0 saturated carbocycles. The average molecular weight is 290 g/mol. The van der Waals surface area contributed by atoms with Crippen molar-refractivity contribution in [3.8, 4) is 0 Å². The molecule has 2 aromatic rings. The molecule has 6 heteroatoms. The van der Waals surface area contributed by atoms with Crippen LogP contribution in [0.5, 0.6) is 0 Å². The molecule has 4 N–H and O–H groups in total. The van der Waals surface area contributed by atoms with Gasteiger partial charge in [-0.25, -0.2) is 4.98 Å². The first-order chi connectivity index (χ1) is 9.60. The summed E-state index contributed by atoms with van der Waals surface area (Å²) in [6, 6.07) is 7.80. The van der Waals surface area contributed by atoms with Crippen LogP contribution < -0.4 is 11.1 Å². The van der Waals surface area contributed by atoms with Crippen LogP contribution >= 0.6 is 11.3 Å². The number of hydrogen-bond donors (Lipinski definition) is 3. The van der Waals surface area contributed by atoms with Crippen molar-refractivity contribution in [1.29, 1.82) is 0 Å². The van der Waals surface area contributed by atoms with Crippen LogP contribution in [0, 0.1) is 6.92 Å². The van der Waals surface area contributed by atoms with Gasteiger partial charge in [0.25, 0.3) is 0 Å². The number of amidine groups is 1. The van der Waals surface area contributed by atoms with E-state index in [-0.39, 0.29) is 11.9 Å². The summed E-state index contributed by atoms with van der Waals surface area (Å²) in [7, 11) is 0. The number of nitrogens with one attached hydrogen (secondary N) is 1. The highest BCUT2D eigenvalue weighted by atomic mass is 32.1. The van der Waals surface area contributed by atoms with Gasteiger partial charge in [-0.15, -0.1) is 11.3 Å². The predicted molar refractivity (Wildman–Crippen MR) is 81.1 cm³/mol. The van der Waals surface area contributed by atoms with Gasteiger partial charge in [0, 0.05) is 23.2 Å². The van der Waals surface area contributed by atoms with E-state index in [0.29, 0.717) is 12.1 Å². The van der Waals surface area contributed by atoms with E-state index in [0.717, 1.165) is 10.6 Å². The lowest BCUT2D eigenvalue weighted by Crippen LogP contribution is -2.19. The quantitative estimate of drug-likeness (QED) is 0.342. The SMILES string of the molecule is Cc1cnc(C(C)NCc2cccc(/C(N)=N/O)c2)s1. The number of nitrogens with two attached hydrogens (primary N) is 1. The van der Waals surface area contributed by atoms with E-state index in [9.17, 15) is 0 Å². The summed E-state index contributed by atoms with van der Waals surface area (Å²) in [5.41, 5.74) is 7.37. The molecule has 0 fully saturated rings. The molecule has 0 spiro atoms. The Morgan fingerprint density at radius 3 is 3.00 bits per heavy atom. The van der Waals surface area contributed by atoms with Crippen LogP contribution in [0.1, 0.15) is 34.0 Å². The zero-order valence-corrected chi connectivity index (χ0v) is 12.3. The average Bonchev–Trinajstić information content (AvgIpc) is 2.91. The molecule has 2 rings (SSSR count). The zero-order chi connectivity index (χ0) is 14.5. The molecule has 1 heterocycles. The third-order valence-corrected chi connectivity index (χ3v) is 4.05. The number of thiazole rings is 1. The van der Waals surface area contributed by atoms with Gasteiger partial charge in [-0.2, -0.15) is 0 Å². The second-order valence-electron chi connectivity index (χ2n) is 4.60. The third kappa shape index (κ3) is 3.55. The summed E-state index contributed by atoms with van der Waals surface area (Å²) in [6.45, 7) is 4.84. The molecule has 0 radical (unpaired) electrons. The second kappa shape index (κ2) is 6.49. The van der Waals surface area contributed by atoms with Gasteiger partial charge < -0.3 is 16.3 Å². The molecule has 5 nitrogen and oxygen atoms in total. The molecular weight excluding hydrogens is 272 g/mol. The number of rotatable bonds is 5. The lowest BCUT2D eigenvalue weighted by atomic mass is 10.1. The van der Waals surface area contributed by atoms with Crippen molar-refractivity contribution in [2.45, 2.75) is 26.4 Å². The first-order valence-corrected chi connectivity index (χ1v) is 7.14. The van der Waals surface area contributed by atoms with Crippen LogP contribution in [-0.4, -0.2) is 16.0 Å². The zero-order valence-electron chi connectivity index (χ0n) is 11.5. The van der Waals surface area contributed by atoms with Crippen molar-refractivity contribution in [3.63, 3.8) is 0 Å². The van der Waals surface area contributed by atoms with E-state index in [2.05, 4.69) is 22.4 Å². The van der Waals surface area contributed by atoms with Crippen molar-refractivity contribution in [2.24, 2.45) is 10.9 Å². The van der Waals surface area contributed by atoms with Gasteiger partial charge in [0.15, 0.2) is 5.84 Å². The van der Waals surface area contributed by atoms with Gasteiger partial charge in [0.05, 0.1) is 6.04 Å².